The first-order chi connectivity index (χ1) is 13.2. The number of rotatable bonds is 6. The molecule has 0 bridgehead atoms. The third-order valence-corrected chi connectivity index (χ3v) is 5.92. The smallest absolute Gasteiger partial charge is 0.191 e. The zero-order chi connectivity index (χ0) is 18.8. The molecule has 2 aromatic rings. The highest BCUT2D eigenvalue weighted by atomic mass is 32.1. The molecule has 4 rings (SSSR count). The van der Waals surface area contributed by atoms with Gasteiger partial charge in [0.05, 0.1) is 16.6 Å². The highest BCUT2D eigenvalue weighted by molar-refractivity contribution is 7.13. The first-order valence-corrected chi connectivity index (χ1v) is 10.1. The van der Waals surface area contributed by atoms with Crippen molar-refractivity contribution in [3.63, 3.8) is 0 Å². The molecule has 0 amide bonds. The van der Waals surface area contributed by atoms with Gasteiger partial charge in [0.2, 0.25) is 0 Å². The molecule has 0 saturated heterocycles. The number of hydrogen-bond donors (Lipinski definition) is 2. The molecule has 4 nitrogen and oxygen atoms in total. The summed E-state index contributed by atoms with van der Waals surface area (Å²) in [7, 11) is 0. The Morgan fingerprint density at radius 1 is 1.26 bits per heavy atom. The molecule has 140 valence electrons. The van der Waals surface area contributed by atoms with E-state index < -0.39 is 6.29 Å². The molecule has 27 heavy (non-hydrogen) atoms. The lowest BCUT2D eigenvalue weighted by Crippen LogP contribution is -2.32. The molecule has 0 saturated carbocycles. The van der Waals surface area contributed by atoms with Gasteiger partial charge in [-0.05, 0) is 37.1 Å². The molecule has 0 fully saturated rings. The Kier molecular flexibility index (Phi) is 5.27. The van der Waals surface area contributed by atoms with Gasteiger partial charge in [0, 0.05) is 28.8 Å². The predicted octanol–water partition coefficient (Wildman–Crippen LogP) is 4.84. The minimum atomic E-state index is -0.910. The van der Waals surface area contributed by atoms with Crippen molar-refractivity contribution in [1.82, 2.24) is 10.4 Å². The predicted molar refractivity (Wildman–Crippen MR) is 111 cm³/mol. The van der Waals surface area contributed by atoms with Crippen molar-refractivity contribution in [2.24, 2.45) is 0 Å². The van der Waals surface area contributed by atoms with E-state index in [0.717, 1.165) is 33.0 Å². The minimum Gasteiger partial charge on any atom is -0.364 e. The van der Waals surface area contributed by atoms with Gasteiger partial charge < -0.3 is 9.84 Å². The van der Waals surface area contributed by atoms with E-state index in [-0.39, 0.29) is 6.04 Å². The van der Waals surface area contributed by atoms with Crippen LogP contribution in [0.15, 0.2) is 66.5 Å². The number of ether oxygens (including phenoxy) is 1. The Morgan fingerprint density at radius 2 is 2.07 bits per heavy atom. The SMILES string of the molecule is CCCOC(O)c1sc(C2=C3C=CC=CN3NC2C)cc1-c1ccccc1. The number of allylic oxidation sites excluding steroid dienone is 3. The Bertz CT molecular complexity index is 898. The molecular weight excluding hydrogens is 356 g/mol. The van der Waals surface area contributed by atoms with Crippen LogP contribution < -0.4 is 5.43 Å². The molecule has 0 spiro atoms. The standard InChI is InChI=1S/C22H24N2O2S/c1-3-13-26-22(25)21-17(16-9-5-4-6-10-16)14-19(27-21)20-15(2)23-24-12-8-7-11-18(20)24/h4-12,14-15,22-23,25H,3,13H2,1-2H3. The molecule has 2 aliphatic heterocycles. The number of nitrogens with one attached hydrogen (secondary N) is 1. The maximum atomic E-state index is 10.7. The van der Waals surface area contributed by atoms with Gasteiger partial charge in [-0.15, -0.1) is 11.3 Å². The number of aliphatic hydroxyl groups is 1. The summed E-state index contributed by atoms with van der Waals surface area (Å²) >= 11 is 1.61. The fourth-order valence-electron chi connectivity index (χ4n) is 3.48. The summed E-state index contributed by atoms with van der Waals surface area (Å²) in [6, 6.07) is 12.6. The molecule has 0 radical (unpaired) electrons. The van der Waals surface area contributed by atoms with Gasteiger partial charge in [-0.3, -0.25) is 5.01 Å². The van der Waals surface area contributed by atoms with E-state index in [1.54, 1.807) is 11.3 Å². The fraction of sp³-hybridized carbons (Fsp3) is 0.273. The van der Waals surface area contributed by atoms with Crippen molar-refractivity contribution in [2.45, 2.75) is 32.6 Å². The van der Waals surface area contributed by atoms with E-state index in [9.17, 15) is 5.11 Å². The van der Waals surface area contributed by atoms with Gasteiger partial charge in [-0.25, -0.2) is 5.43 Å². The second kappa shape index (κ2) is 7.82. The fourth-order valence-corrected chi connectivity index (χ4v) is 4.74. The first kappa shape index (κ1) is 18.2. The van der Waals surface area contributed by atoms with Crippen molar-refractivity contribution >= 4 is 16.9 Å². The number of fused-ring (bicyclic) bond motifs is 1. The van der Waals surface area contributed by atoms with Crippen LogP contribution in [0.3, 0.4) is 0 Å². The molecule has 0 aliphatic carbocycles. The van der Waals surface area contributed by atoms with Crippen LogP contribution >= 0.6 is 11.3 Å². The number of nitrogens with zero attached hydrogens (tertiary/aromatic N) is 1. The van der Waals surface area contributed by atoms with Crippen LogP contribution in [0.4, 0.5) is 0 Å². The van der Waals surface area contributed by atoms with Gasteiger partial charge in [-0.2, -0.15) is 0 Å². The average Bonchev–Trinajstić information content (AvgIpc) is 3.27. The highest BCUT2D eigenvalue weighted by Gasteiger charge is 2.30. The van der Waals surface area contributed by atoms with Crippen LogP contribution in [0.5, 0.6) is 0 Å². The summed E-state index contributed by atoms with van der Waals surface area (Å²) in [4.78, 5) is 2.01. The van der Waals surface area contributed by atoms with Crippen LogP contribution in [0, 0.1) is 0 Å². The molecule has 5 heteroatoms. The molecule has 1 aromatic heterocycles. The van der Waals surface area contributed by atoms with E-state index in [1.807, 2.05) is 37.4 Å². The highest BCUT2D eigenvalue weighted by Crippen LogP contribution is 2.42. The van der Waals surface area contributed by atoms with Gasteiger partial charge in [0.1, 0.15) is 0 Å². The van der Waals surface area contributed by atoms with Crippen LogP contribution in [0.25, 0.3) is 16.7 Å². The molecule has 2 atom stereocenters. The summed E-state index contributed by atoms with van der Waals surface area (Å²) in [6.45, 7) is 4.74. The van der Waals surface area contributed by atoms with E-state index in [2.05, 4.69) is 47.7 Å². The zero-order valence-electron chi connectivity index (χ0n) is 15.6. The van der Waals surface area contributed by atoms with Gasteiger partial charge in [-0.1, -0.05) is 43.3 Å². The van der Waals surface area contributed by atoms with Crippen LogP contribution in [0.1, 0.15) is 36.3 Å². The topological polar surface area (TPSA) is 44.7 Å². The summed E-state index contributed by atoms with van der Waals surface area (Å²) in [6.07, 6.45) is 8.19. The minimum absolute atomic E-state index is 0.191. The molecule has 1 aromatic carbocycles. The molecule has 2 aliphatic rings. The van der Waals surface area contributed by atoms with E-state index in [1.165, 1.54) is 5.57 Å². The van der Waals surface area contributed by atoms with Crippen LogP contribution in [-0.2, 0) is 4.74 Å². The largest absolute Gasteiger partial charge is 0.364 e. The van der Waals surface area contributed by atoms with E-state index >= 15 is 0 Å². The van der Waals surface area contributed by atoms with Gasteiger partial charge in [0.15, 0.2) is 6.29 Å². The van der Waals surface area contributed by atoms with Gasteiger partial charge >= 0.3 is 0 Å². The third kappa shape index (κ3) is 3.51. The first-order valence-electron chi connectivity index (χ1n) is 9.32. The quantitative estimate of drug-likeness (QED) is 0.704. The Hall–Kier alpha value is -2.18. The van der Waals surface area contributed by atoms with Crippen LogP contribution in [-0.4, -0.2) is 22.8 Å². The number of benzene rings is 1. The molecule has 3 heterocycles. The van der Waals surface area contributed by atoms with E-state index in [0.29, 0.717) is 6.61 Å². The maximum absolute atomic E-state index is 10.7. The number of hydrazine groups is 1. The molecular formula is C22H24N2O2S. The normalized spacial score (nSPS) is 19.7. The lowest BCUT2D eigenvalue weighted by atomic mass is 10.0. The van der Waals surface area contributed by atoms with Crippen LogP contribution in [0.2, 0.25) is 0 Å². The Labute approximate surface area is 164 Å². The van der Waals surface area contributed by atoms with Gasteiger partial charge in [0.25, 0.3) is 0 Å². The number of aliphatic hydroxyl groups excluding tert-OH is 1. The average molecular weight is 381 g/mol. The van der Waals surface area contributed by atoms with Crippen molar-refractivity contribution in [3.05, 3.63) is 76.3 Å². The van der Waals surface area contributed by atoms with Crippen molar-refractivity contribution in [1.29, 1.82) is 0 Å². The third-order valence-electron chi connectivity index (χ3n) is 4.72. The lowest BCUT2D eigenvalue weighted by molar-refractivity contribution is -0.0996. The summed E-state index contributed by atoms with van der Waals surface area (Å²) in [5.41, 5.74) is 7.99. The Balaban J connectivity index is 1.80. The summed E-state index contributed by atoms with van der Waals surface area (Å²) in [5, 5.41) is 12.7. The lowest BCUT2D eigenvalue weighted by Gasteiger charge is -2.18. The number of hydrogen-bond acceptors (Lipinski definition) is 5. The maximum Gasteiger partial charge on any atom is 0.191 e. The van der Waals surface area contributed by atoms with E-state index in [4.69, 9.17) is 4.74 Å². The van der Waals surface area contributed by atoms with Crippen molar-refractivity contribution in [2.75, 3.05) is 6.61 Å². The Morgan fingerprint density at radius 3 is 2.85 bits per heavy atom. The number of thiophene rings is 1. The second-order valence-corrected chi connectivity index (χ2v) is 7.78. The van der Waals surface area contributed by atoms with Crippen molar-refractivity contribution < 1.29 is 9.84 Å². The second-order valence-electron chi connectivity index (χ2n) is 6.70. The monoisotopic (exact) mass is 380 g/mol. The zero-order valence-corrected chi connectivity index (χ0v) is 16.4. The summed E-state index contributed by atoms with van der Waals surface area (Å²) < 4.78 is 5.65. The molecule has 2 N–H and O–H groups in total. The molecule has 2 unspecified atom stereocenters. The van der Waals surface area contributed by atoms with Crippen molar-refractivity contribution in [3.8, 4) is 11.1 Å². The summed E-state index contributed by atoms with van der Waals surface area (Å²) in [5.74, 6) is 0.